The van der Waals surface area contributed by atoms with Gasteiger partial charge in [0.1, 0.15) is 0 Å². The van der Waals surface area contributed by atoms with Gasteiger partial charge in [-0.15, -0.1) is 11.3 Å². The number of hydrogen-bond donors (Lipinski definition) is 2. The Bertz CT molecular complexity index is 347. The minimum Gasteiger partial charge on any atom is -0.476 e. The first-order valence-corrected chi connectivity index (χ1v) is 6.02. The number of rotatable bonds is 6. The summed E-state index contributed by atoms with van der Waals surface area (Å²) in [6.45, 7) is 1.68. The third-order valence-electron chi connectivity index (χ3n) is 2.47. The molecule has 1 fully saturated rings. The van der Waals surface area contributed by atoms with E-state index in [0.29, 0.717) is 6.54 Å². The standard InChI is InChI=1S/C10H14N2O2S/c13-10(14)9-12-8(6-15-9)5-11-4-3-7-1-2-7/h6-7,11H,1-5H2,(H,13,14). The van der Waals surface area contributed by atoms with Crippen LogP contribution in [0.2, 0.25) is 0 Å². The fraction of sp³-hybridized carbons (Fsp3) is 0.600. The van der Waals surface area contributed by atoms with Crippen molar-refractivity contribution in [3.8, 4) is 0 Å². The average molecular weight is 226 g/mol. The van der Waals surface area contributed by atoms with E-state index in [0.717, 1.165) is 18.2 Å². The van der Waals surface area contributed by atoms with E-state index in [1.54, 1.807) is 5.38 Å². The maximum atomic E-state index is 10.6. The number of carboxylic acids is 1. The highest BCUT2D eigenvalue weighted by Crippen LogP contribution is 2.31. The summed E-state index contributed by atoms with van der Waals surface area (Å²) < 4.78 is 0. The summed E-state index contributed by atoms with van der Waals surface area (Å²) in [6, 6.07) is 0. The van der Waals surface area contributed by atoms with Crippen LogP contribution in [-0.2, 0) is 6.54 Å². The molecule has 5 heteroatoms. The molecule has 0 aliphatic heterocycles. The molecular formula is C10H14N2O2S. The van der Waals surface area contributed by atoms with Gasteiger partial charge in [0.25, 0.3) is 0 Å². The zero-order valence-corrected chi connectivity index (χ0v) is 9.22. The van der Waals surface area contributed by atoms with Gasteiger partial charge in [-0.05, 0) is 18.9 Å². The summed E-state index contributed by atoms with van der Waals surface area (Å²) >= 11 is 1.18. The number of carboxylic acid groups (broad SMARTS) is 1. The van der Waals surface area contributed by atoms with Gasteiger partial charge in [0.2, 0.25) is 5.01 Å². The Morgan fingerprint density at radius 2 is 2.47 bits per heavy atom. The molecule has 4 nitrogen and oxygen atoms in total. The molecule has 0 unspecified atom stereocenters. The predicted octanol–water partition coefficient (Wildman–Crippen LogP) is 1.73. The van der Waals surface area contributed by atoms with Crippen molar-refractivity contribution in [2.75, 3.05) is 6.54 Å². The minimum atomic E-state index is -0.941. The molecule has 0 radical (unpaired) electrons. The van der Waals surface area contributed by atoms with Gasteiger partial charge in [0.15, 0.2) is 0 Å². The fourth-order valence-electron chi connectivity index (χ4n) is 1.42. The van der Waals surface area contributed by atoms with E-state index in [9.17, 15) is 4.79 Å². The average Bonchev–Trinajstić information content (AvgIpc) is 2.90. The number of hydrogen-bond acceptors (Lipinski definition) is 4. The van der Waals surface area contributed by atoms with Crippen LogP contribution in [0.3, 0.4) is 0 Å². The molecule has 1 aromatic rings. The number of nitrogens with one attached hydrogen (secondary N) is 1. The molecule has 1 aliphatic carbocycles. The van der Waals surface area contributed by atoms with Crippen molar-refractivity contribution < 1.29 is 9.90 Å². The van der Waals surface area contributed by atoms with Gasteiger partial charge in [-0.2, -0.15) is 0 Å². The summed E-state index contributed by atoms with van der Waals surface area (Å²) in [7, 11) is 0. The van der Waals surface area contributed by atoms with Gasteiger partial charge >= 0.3 is 5.97 Å². The van der Waals surface area contributed by atoms with Crippen LogP contribution in [0.4, 0.5) is 0 Å². The number of thiazole rings is 1. The molecule has 15 heavy (non-hydrogen) atoms. The quantitative estimate of drug-likeness (QED) is 0.725. The van der Waals surface area contributed by atoms with Gasteiger partial charge in [0.05, 0.1) is 5.69 Å². The summed E-state index contributed by atoms with van der Waals surface area (Å²) in [6.07, 6.45) is 3.99. The van der Waals surface area contributed by atoms with Crippen molar-refractivity contribution in [1.29, 1.82) is 0 Å². The van der Waals surface area contributed by atoms with Crippen molar-refractivity contribution in [2.45, 2.75) is 25.8 Å². The van der Waals surface area contributed by atoms with Crippen LogP contribution in [0, 0.1) is 5.92 Å². The van der Waals surface area contributed by atoms with Gasteiger partial charge < -0.3 is 10.4 Å². The Kier molecular flexibility index (Phi) is 3.33. The van der Waals surface area contributed by atoms with Crippen molar-refractivity contribution in [2.24, 2.45) is 5.92 Å². The van der Waals surface area contributed by atoms with Crippen LogP contribution < -0.4 is 5.32 Å². The fourth-order valence-corrected chi connectivity index (χ4v) is 2.07. The van der Waals surface area contributed by atoms with E-state index >= 15 is 0 Å². The monoisotopic (exact) mass is 226 g/mol. The zero-order valence-electron chi connectivity index (χ0n) is 8.40. The van der Waals surface area contributed by atoms with Crippen LogP contribution in [-0.4, -0.2) is 22.6 Å². The van der Waals surface area contributed by atoms with Crippen LogP contribution in [0.1, 0.15) is 34.8 Å². The molecule has 1 saturated carbocycles. The maximum Gasteiger partial charge on any atom is 0.365 e. The van der Waals surface area contributed by atoms with Gasteiger partial charge in [0, 0.05) is 11.9 Å². The molecule has 0 amide bonds. The van der Waals surface area contributed by atoms with E-state index in [1.165, 1.54) is 30.6 Å². The lowest BCUT2D eigenvalue weighted by Gasteiger charge is -2.00. The molecule has 82 valence electrons. The van der Waals surface area contributed by atoms with Gasteiger partial charge in [-0.1, -0.05) is 12.8 Å². The Hall–Kier alpha value is -0.940. The van der Waals surface area contributed by atoms with Crippen LogP contribution >= 0.6 is 11.3 Å². The highest BCUT2D eigenvalue weighted by Gasteiger charge is 2.20. The van der Waals surface area contributed by atoms with Crippen LogP contribution in [0.25, 0.3) is 0 Å². The lowest BCUT2D eigenvalue weighted by molar-refractivity contribution is 0.0696. The molecule has 2 rings (SSSR count). The second kappa shape index (κ2) is 4.72. The first kappa shape index (κ1) is 10.6. The molecule has 0 atom stereocenters. The number of carbonyl (C=O) groups is 1. The molecule has 1 heterocycles. The van der Waals surface area contributed by atoms with Crippen molar-refractivity contribution >= 4 is 17.3 Å². The molecule has 2 N–H and O–H groups in total. The third kappa shape index (κ3) is 3.28. The summed E-state index contributed by atoms with van der Waals surface area (Å²) in [5, 5.41) is 13.9. The summed E-state index contributed by atoms with van der Waals surface area (Å²) in [5.41, 5.74) is 0.827. The number of nitrogens with zero attached hydrogens (tertiary/aromatic N) is 1. The summed E-state index contributed by atoms with van der Waals surface area (Å²) in [5.74, 6) is -0.00764. The van der Waals surface area contributed by atoms with E-state index < -0.39 is 5.97 Å². The Balaban J connectivity index is 1.70. The van der Waals surface area contributed by atoms with Gasteiger partial charge in [-0.3, -0.25) is 0 Å². The van der Waals surface area contributed by atoms with E-state index in [1.807, 2.05) is 0 Å². The van der Waals surface area contributed by atoms with E-state index in [4.69, 9.17) is 5.11 Å². The molecule has 1 aromatic heterocycles. The first-order valence-electron chi connectivity index (χ1n) is 5.14. The second-order valence-electron chi connectivity index (χ2n) is 3.86. The lowest BCUT2D eigenvalue weighted by atomic mass is 10.3. The van der Waals surface area contributed by atoms with Crippen LogP contribution in [0.15, 0.2) is 5.38 Å². The number of aromatic nitrogens is 1. The Morgan fingerprint density at radius 1 is 1.67 bits per heavy atom. The Labute approximate surface area is 92.3 Å². The molecular weight excluding hydrogens is 212 g/mol. The molecule has 0 spiro atoms. The smallest absolute Gasteiger partial charge is 0.365 e. The minimum absolute atomic E-state index is 0.175. The topological polar surface area (TPSA) is 62.2 Å². The Morgan fingerprint density at radius 3 is 3.07 bits per heavy atom. The van der Waals surface area contributed by atoms with Crippen LogP contribution in [0.5, 0.6) is 0 Å². The van der Waals surface area contributed by atoms with E-state index in [-0.39, 0.29) is 5.01 Å². The second-order valence-corrected chi connectivity index (χ2v) is 4.72. The normalized spacial score (nSPS) is 15.5. The zero-order chi connectivity index (χ0) is 10.7. The van der Waals surface area contributed by atoms with Crippen molar-refractivity contribution in [3.63, 3.8) is 0 Å². The highest BCUT2D eigenvalue weighted by molar-refractivity contribution is 7.11. The predicted molar refractivity (Wildman–Crippen MR) is 58.1 cm³/mol. The molecule has 0 bridgehead atoms. The molecule has 1 aliphatic rings. The third-order valence-corrected chi connectivity index (χ3v) is 3.35. The van der Waals surface area contributed by atoms with Gasteiger partial charge in [-0.25, -0.2) is 9.78 Å². The SMILES string of the molecule is O=C(O)c1nc(CNCCC2CC2)cs1. The molecule has 0 saturated heterocycles. The largest absolute Gasteiger partial charge is 0.476 e. The first-order chi connectivity index (χ1) is 7.25. The van der Waals surface area contributed by atoms with Crippen molar-refractivity contribution in [1.82, 2.24) is 10.3 Å². The lowest BCUT2D eigenvalue weighted by Crippen LogP contribution is -2.15. The van der Waals surface area contributed by atoms with Crippen molar-refractivity contribution in [3.05, 3.63) is 16.1 Å². The summed E-state index contributed by atoms with van der Waals surface area (Å²) in [4.78, 5) is 14.6. The highest BCUT2D eigenvalue weighted by atomic mass is 32.1. The maximum absolute atomic E-state index is 10.6. The molecule has 0 aromatic carbocycles. The van der Waals surface area contributed by atoms with E-state index in [2.05, 4.69) is 10.3 Å². The number of aromatic carboxylic acids is 1.